The zero-order chi connectivity index (χ0) is 14.2. The number of hydrogen-bond acceptors (Lipinski definition) is 3. The highest BCUT2D eigenvalue weighted by Crippen LogP contribution is 2.12. The first kappa shape index (κ1) is 14.3. The molecular weight excluding hydrogens is 270 g/mol. The van der Waals surface area contributed by atoms with Crippen LogP contribution in [-0.4, -0.2) is 17.6 Å². The molecule has 4 heteroatoms. The molecule has 1 aromatic heterocycles. The normalized spacial score (nSPS) is 9.65. The Bertz CT molecular complexity index is 623. The van der Waals surface area contributed by atoms with Crippen molar-refractivity contribution in [2.75, 3.05) is 11.9 Å². The first-order valence-electron chi connectivity index (χ1n) is 6.28. The molecule has 0 aliphatic carbocycles. The average molecular weight is 285 g/mol. The number of hydrogen-bond donors (Lipinski definition) is 2. The summed E-state index contributed by atoms with van der Waals surface area (Å²) >= 11 is 1.58. The van der Waals surface area contributed by atoms with Crippen molar-refractivity contribution in [2.24, 2.45) is 0 Å². The molecule has 0 aliphatic heterocycles. The van der Waals surface area contributed by atoms with Crippen molar-refractivity contribution >= 4 is 22.9 Å². The summed E-state index contributed by atoms with van der Waals surface area (Å²) in [6.45, 7) is 0.0596. The van der Waals surface area contributed by atoms with E-state index >= 15 is 0 Å². The molecule has 0 saturated heterocycles. The molecule has 20 heavy (non-hydrogen) atoms. The molecule has 0 unspecified atom stereocenters. The number of anilines is 1. The number of carbonyl (C=O) groups is 1. The van der Waals surface area contributed by atoms with Gasteiger partial charge in [0.05, 0.1) is 13.0 Å². The fourth-order valence-electron chi connectivity index (χ4n) is 1.68. The Hall–Kier alpha value is -2.09. The second-order valence-electron chi connectivity index (χ2n) is 4.21. The smallest absolute Gasteiger partial charge is 0.228 e. The fraction of sp³-hybridized carbons (Fsp3) is 0.188. The molecule has 0 radical (unpaired) electrons. The van der Waals surface area contributed by atoms with Gasteiger partial charge in [-0.2, -0.15) is 11.3 Å². The van der Waals surface area contributed by atoms with Gasteiger partial charge in [0.15, 0.2) is 0 Å². The van der Waals surface area contributed by atoms with Gasteiger partial charge in [0.1, 0.15) is 0 Å². The first-order valence-corrected chi connectivity index (χ1v) is 7.23. The van der Waals surface area contributed by atoms with Crippen molar-refractivity contribution in [3.63, 3.8) is 0 Å². The van der Waals surface area contributed by atoms with Crippen LogP contribution in [-0.2, 0) is 11.2 Å². The van der Waals surface area contributed by atoms with Crippen LogP contribution in [0.4, 0.5) is 5.69 Å². The maximum Gasteiger partial charge on any atom is 0.228 e. The minimum atomic E-state index is -0.0381. The van der Waals surface area contributed by atoms with Crippen LogP contribution in [0.2, 0.25) is 0 Å². The molecule has 0 spiro atoms. The zero-order valence-electron chi connectivity index (χ0n) is 10.9. The standard InChI is InChI=1S/C16H15NO2S/c18-8-2-1-4-13-5-3-6-15(10-13)17-16(19)11-14-7-9-20-12-14/h3,5-7,9-10,12,18H,2,8,11H2,(H,17,19). The third kappa shape index (κ3) is 4.54. The number of aliphatic hydroxyl groups excluding tert-OH is 1. The third-order valence-electron chi connectivity index (χ3n) is 2.56. The molecule has 102 valence electrons. The summed E-state index contributed by atoms with van der Waals surface area (Å²) in [5.74, 6) is 5.76. The highest BCUT2D eigenvalue weighted by Gasteiger charge is 2.04. The first-order chi connectivity index (χ1) is 9.78. The third-order valence-corrected chi connectivity index (χ3v) is 3.29. The van der Waals surface area contributed by atoms with Gasteiger partial charge in [-0.3, -0.25) is 4.79 Å². The molecular formula is C16H15NO2S. The molecule has 2 rings (SSSR count). The summed E-state index contributed by atoms with van der Waals surface area (Å²) in [4.78, 5) is 11.9. The summed E-state index contributed by atoms with van der Waals surface area (Å²) in [6.07, 6.45) is 0.832. The summed E-state index contributed by atoms with van der Waals surface area (Å²) in [6, 6.07) is 9.34. The van der Waals surface area contributed by atoms with Gasteiger partial charge < -0.3 is 10.4 Å². The van der Waals surface area contributed by atoms with Gasteiger partial charge in [-0.15, -0.1) is 0 Å². The minimum Gasteiger partial charge on any atom is -0.395 e. The monoisotopic (exact) mass is 285 g/mol. The van der Waals surface area contributed by atoms with Crippen molar-refractivity contribution in [3.05, 3.63) is 52.2 Å². The van der Waals surface area contributed by atoms with E-state index in [1.165, 1.54) is 0 Å². The lowest BCUT2D eigenvalue weighted by Crippen LogP contribution is -2.13. The van der Waals surface area contributed by atoms with E-state index in [2.05, 4.69) is 17.2 Å². The van der Waals surface area contributed by atoms with E-state index in [9.17, 15) is 4.79 Å². The Morgan fingerprint density at radius 3 is 3.00 bits per heavy atom. The predicted octanol–water partition coefficient (Wildman–Crippen LogP) is 2.66. The highest BCUT2D eigenvalue weighted by atomic mass is 32.1. The molecule has 3 nitrogen and oxygen atoms in total. The number of thiophene rings is 1. The summed E-state index contributed by atoms with van der Waals surface area (Å²) in [5, 5.41) is 15.5. The van der Waals surface area contributed by atoms with E-state index in [1.807, 2.05) is 41.1 Å². The summed E-state index contributed by atoms with van der Waals surface area (Å²) in [7, 11) is 0. The van der Waals surface area contributed by atoms with Gasteiger partial charge in [-0.05, 0) is 40.6 Å². The van der Waals surface area contributed by atoms with Crippen LogP contribution in [0.25, 0.3) is 0 Å². The molecule has 2 N–H and O–H groups in total. The average Bonchev–Trinajstić information content (AvgIpc) is 2.92. The van der Waals surface area contributed by atoms with Gasteiger partial charge in [0.2, 0.25) is 5.91 Å². The predicted molar refractivity (Wildman–Crippen MR) is 81.7 cm³/mol. The van der Waals surface area contributed by atoms with Gasteiger partial charge in [-0.1, -0.05) is 17.9 Å². The SMILES string of the molecule is O=C(Cc1ccsc1)Nc1cccc(C#CCCO)c1. The topological polar surface area (TPSA) is 49.3 Å². The second kappa shape index (κ2) is 7.49. The lowest BCUT2D eigenvalue weighted by molar-refractivity contribution is -0.115. The number of rotatable bonds is 4. The zero-order valence-corrected chi connectivity index (χ0v) is 11.7. The minimum absolute atomic E-state index is 0.0381. The van der Waals surface area contributed by atoms with Gasteiger partial charge in [-0.25, -0.2) is 0 Å². The van der Waals surface area contributed by atoms with E-state index in [0.29, 0.717) is 12.8 Å². The van der Waals surface area contributed by atoms with E-state index in [4.69, 9.17) is 5.11 Å². The van der Waals surface area contributed by atoms with Crippen LogP contribution in [0.3, 0.4) is 0 Å². The van der Waals surface area contributed by atoms with Crippen LogP contribution in [0.1, 0.15) is 17.5 Å². The van der Waals surface area contributed by atoms with E-state index < -0.39 is 0 Å². The van der Waals surface area contributed by atoms with E-state index in [1.54, 1.807) is 11.3 Å². The van der Waals surface area contributed by atoms with E-state index in [-0.39, 0.29) is 12.5 Å². The van der Waals surface area contributed by atoms with E-state index in [0.717, 1.165) is 16.8 Å². The van der Waals surface area contributed by atoms with Crippen molar-refractivity contribution < 1.29 is 9.90 Å². The van der Waals surface area contributed by atoms with Crippen LogP contribution in [0.15, 0.2) is 41.1 Å². The van der Waals surface area contributed by atoms with Crippen molar-refractivity contribution in [3.8, 4) is 11.8 Å². The number of aliphatic hydroxyl groups is 1. The molecule has 0 fully saturated rings. The van der Waals surface area contributed by atoms with Crippen molar-refractivity contribution in [1.82, 2.24) is 0 Å². The Kier molecular flexibility index (Phi) is 5.36. The molecule has 0 aliphatic rings. The molecule has 0 saturated carbocycles. The Balaban J connectivity index is 1.97. The Labute approximate surface area is 122 Å². The molecule has 0 bridgehead atoms. The highest BCUT2D eigenvalue weighted by molar-refractivity contribution is 7.08. The van der Waals surface area contributed by atoms with Crippen LogP contribution >= 0.6 is 11.3 Å². The van der Waals surface area contributed by atoms with Crippen LogP contribution in [0, 0.1) is 11.8 Å². The number of carbonyl (C=O) groups excluding carboxylic acids is 1. The number of benzene rings is 1. The maximum atomic E-state index is 11.9. The quantitative estimate of drug-likeness (QED) is 0.849. The van der Waals surface area contributed by atoms with Gasteiger partial charge >= 0.3 is 0 Å². The summed E-state index contributed by atoms with van der Waals surface area (Å²) < 4.78 is 0. The Morgan fingerprint density at radius 2 is 2.25 bits per heavy atom. The maximum absolute atomic E-state index is 11.9. The lowest BCUT2D eigenvalue weighted by Gasteiger charge is -2.04. The fourth-order valence-corrected chi connectivity index (χ4v) is 2.35. The number of nitrogens with one attached hydrogen (secondary N) is 1. The lowest BCUT2D eigenvalue weighted by atomic mass is 10.2. The number of amides is 1. The molecule has 1 amide bonds. The molecule has 1 heterocycles. The molecule has 1 aromatic carbocycles. The molecule has 0 atom stereocenters. The van der Waals surface area contributed by atoms with Crippen molar-refractivity contribution in [2.45, 2.75) is 12.8 Å². The van der Waals surface area contributed by atoms with Gasteiger partial charge in [0.25, 0.3) is 0 Å². The Morgan fingerprint density at radius 1 is 1.35 bits per heavy atom. The van der Waals surface area contributed by atoms with Crippen LogP contribution < -0.4 is 5.32 Å². The van der Waals surface area contributed by atoms with Gasteiger partial charge in [0, 0.05) is 17.7 Å². The second-order valence-corrected chi connectivity index (χ2v) is 4.99. The van der Waals surface area contributed by atoms with Crippen LogP contribution in [0.5, 0.6) is 0 Å². The molecule has 2 aromatic rings. The largest absolute Gasteiger partial charge is 0.395 e. The summed E-state index contributed by atoms with van der Waals surface area (Å²) in [5.41, 5.74) is 2.58. The van der Waals surface area contributed by atoms with Crippen molar-refractivity contribution in [1.29, 1.82) is 0 Å².